The van der Waals surface area contributed by atoms with E-state index in [1.165, 1.54) is 19.3 Å². The van der Waals surface area contributed by atoms with E-state index in [2.05, 4.69) is 43.3 Å². The van der Waals surface area contributed by atoms with Crippen molar-refractivity contribution in [2.24, 2.45) is 0 Å². The lowest BCUT2D eigenvalue weighted by molar-refractivity contribution is 0.102. The number of halogens is 1. The van der Waals surface area contributed by atoms with Gasteiger partial charge in [0, 0.05) is 22.7 Å². The van der Waals surface area contributed by atoms with Crippen LogP contribution >= 0.6 is 15.9 Å². The maximum Gasteiger partial charge on any atom is 0.276 e. The predicted molar refractivity (Wildman–Crippen MR) is 99.4 cm³/mol. The second-order valence-corrected chi connectivity index (χ2v) is 6.91. The fraction of sp³-hybridized carbons (Fsp3) is 0.389. The molecule has 1 saturated heterocycles. The molecule has 1 fully saturated rings. The van der Waals surface area contributed by atoms with Crippen LogP contribution in [0.25, 0.3) is 0 Å². The molecule has 1 atom stereocenters. The van der Waals surface area contributed by atoms with E-state index < -0.39 is 0 Å². The maximum absolute atomic E-state index is 12.3. The minimum atomic E-state index is -0.252. The number of amides is 1. The average Bonchev–Trinajstić information content (AvgIpc) is 2.62. The first kappa shape index (κ1) is 16.9. The van der Waals surface area contributed by atoms with Gasteiger partial charge in [0.05, 0.1) is 0 Å². The van der Waals surface area contributed by atoms with Gasteiger partial charge in [-0.25, -0.2) is 0 Å². The Kier molecular flexibility index (Phi) is 5.45. The molecule has 24 heavy (non-hydrogen) atoms. The molecule has 1 aliphatic heterocycles. The van der Waals surface area contributed by atoms with Gasteiger partial charge in [-0.1, -0.05) is 28.9 Å². The average molecular weight is 389 g/mol. The molecule has 1 N–H and O–H groups in total. The largest absolute Gasteiger partial charge is 0.352 e. The third-order valence-corrected chi connectivity index (χ3v) is 4.85. The predicted octanol–water partition coefficient (Wildman–Crippen LogP) is 4.26. The molecule has 1 aromatic carbocycles. The standard InChI is InChI=1S/C18H21BrN4O/c1-2-15-8-3-4-11-23(15)17-10-9-16(21-22-17)18(24)20-14-7-5-6-13(19)12-14/h5-7,9-10,12,15H,2-4,8,11H2,1H3,(H,20,24). The van der Waals surface area contributed by atoms with E-state index in [0.717, 1.165) is 28.9 Å². The minimum Gasteiger partial charge on any atom is -0.352 e. The van der Waals surface area contributed by atoms with Crippen molar-refractivity contribution < 1.29 is 4.79 Å². The molecule has 0 aliphatic carbocycles. The molecule has 126 valence electrons. The zero-order valence-electron chi connectivity index (χ0n) is 13.7. The van der Waals surface area contributed by atoms with E-state index in [1.54, 1.807) is 6.07 Å². The summed E-state index contributed by atoms with van der Waals surface area (Å²) >= 11 is 3.39. The van der Waals surface area contributed by atoms with Crippen molar-refractivity contribution in [1.82, 2.24) is 10.2 Å². The van der Waals surface area contributed by atoms with E-state index in [1.807, 2.05) is 30.3 Å². The third kappa shape index (κ3) is 3.93. The summed E-state index contributed by atoms with van der Waals surface area (Å²) < 4.78 is 0.914. The number of hydrogen-bond acceptors (Lipinski definition) is 4. The number of benzene rings is 1. The van der Waals surface area contributed by atoms with Gasteiger partial charge in [-0.2, -0.15) is 0 Å². The summed E-state index contributed by atoms with van der Waals surface area (Å²) in [5.41, 5.74) is 1.05. The van der Waals surface area contributed by atoms with Crippen molar-refractivity contribution in [3.8, 4) is 0 Å². The number of nitrogens with one attached hydrogen (secondary N) is 1. The van der Waals surface area contributed by atoms with Crippen LogP contribution in [-0.2, 0) is 0 Å². The highest BCUT2D eigenvalue weighted by molar-refractivity contribution is 9.10. The first-order valence-electron chi connectivity index (χ1n) is 8.34. The van der Waals surface area contributed by atoms with Crippen molar-refractivity contribution in [2.45, 2.75) is 38.6 Å². The molecule has 6 heteroatoms. The van der Waals surface area contributed by atoms with Crippen molar-refractivity contribution in [3.05, 3.63) is 46.6 Å². The second kappa shape index (κ2) is 7.75. The Labute approximate surface area is 150 Å². The highest BCUT2D eigenvalue weighted by atomic mass is 79.9. The summed E-state index contributed by atoms with van der Waals surface area (Å²) in [4.78, 5) is 14.6. The van der Waals surface area contributed by atoms with Gasteiger partial charge in [0.2, 0.25) is 0 Å². The van der Waals surface area contributed by atoms with Crippen LogP contribution in [0.1, 0.15) is 43.1 Å². The molecule has 0 saturated carbocycles. The topological polar surface area (TPSA) is 58.1 Å². The van der Waals surface area contributed by atoms with Crippen molar-refractivity contribution >= 4 is 33.3 Å². The summed E-state index contributed by atoms with van der Waals surface area (Å²) in [7, 11) is 0. The molecule has 0 radical (unpaired) electrons. The van der Waals surface area contributed by atoms with Gasteiger partial charge >= 0.3 is 0 Å². The van der Waals surface area contributed by atoms with Crippen LogP contribution < -0.4 is 10.2 Å². The molecule has 2 aromatic rings. The molecule has 3 rings (SSSR count). The normalized spacial score (nSPS) is 17.6. The second-order valence-electron chi connectivity index (χ2n) is 5.99. The van der Waals surface area contributed by atoms with Gasteiger partial charge in [0.15, 0.2) is 11.5 Å². The van der Waals surface area contributed by atoms with Crippen molar-refractivity contribution in [3.63, 3.8) is 0 Å². The molecule has 1 aliphatic rings. The zero-order chi connectivity index (χ0) is 16.9. The number of hydrogen-bond donors (Lipinski definition) is 1. The molecule has 1 aromatic heterocycles. The van der Waals surface area contributed by atoms with E-state index in [-0.39, 0.29) is 5.91 Å². The molecule has 0 spiro atoms. The maximum atomic E-state index is 12.3. The molecule has 2 heterocycles. The lowest BCUT2D eigenvalue weighted by Crippen LogP contribution is -2.39. The number of carbonyl (C=O) groups excluding carboxylic acids is 1. The SMILES string of the molecule is CCC1CCCCN1c1ccc(C(=O)Nc2cccc(Br)c2)nn1. The number of anilines is 2. The highest BCUT2D eigenvalue weighted by Crippen LogP contribution is 2.24. The van der Waals surface area contributed by atoms with Crippen molar-refractivity contribution in [1.29, 1.82) is 0 Å². The van der Waals surface area contributed by atoms with Gasteiger partial charge in [-0.05, 0) is 56.0 Å². The van der Waals surface area contributed by atoms with Crippen LogP contribution in [0.5, 0.6) is 0 Å². The monoisotopic (exact) mass is 388 g/mol. The van der Waals surface area contributed by atoms with Crippen LogP contribution in [0.3, 0.4) is 0 Å². The van der Waals surface area contributed by atoms with Crippen LogP contribution in [0.2, 0.25) is 0 Å². The van der Waals surface area contributed by atoms with Crippen LogP contribution in [0.15, 0.2) is 40.9 Å². The number of nitrogens with zero attached hydrogens (tertiary/aromatic N) is 3. The van der Waals surface area contributed by atoms with Gasteiger partial charge < -0.3 is 10.2 Å². The molecule has 1 amide bonds. The van der Waals surface area contributed by atoms with Gasteiger partial charge in [-0.15, -0.1) is 10.2 Å². The Morgan fingerprint density at radius 3 is 2.88 bits per heavy atom. The number of rotatable bonds is 4. The molecule has 0 bridgehead atoms. The lowest BCUT2D eigenvalue weighted by Gasteiger charge is -2.35. The van der Waals surface area contributed by atoms with Crippen LogP contribution in [0.4, 0.5) is 11.5 Å². The van der Waals surface area contributed by atoms with Crippen LogP contribution in [0, 0.1) is 0 Å². The number of carbonyl (C=O) groups is 1. The van der Waals surface area contributed by atoms with Gasteiger partial charge in [0.25, 0.3) is 5.91 Å². The summed E-state index contributed by atoms with van der Waals surface area (Å²) in [5, 5.41) is 11.2. The number of aromatic nitrogens is 2. The smallest absolute Gasteiger partial charge is 0.276 e. The summed E-state index contributed by atoms with van der Waals surface area (Å²) in [6.45, 7) is 3.22. The van der Waals surface area contributed by atoms with Gasteiger partial charge in [-0.3, -0.25) is 4.79 Å². The fourth-order valence-corrected chi connectivity index (χ4v) is 3.49. The van der Waals surface area contributed by atoms with E-state index in [4.69, 9.17) is 0 Å². The minimum absolute atomic E-state index is 0.252. The lowest BCUT2D eigenvalue weighted by atomic mass is 10.0. The highest BCUT2D eigenvalue weighted by Gasteiger charge is 2.22. The quantitative estimate of drug-likeness (QED) is 0.849. The summed E-state index contributed by atoms with van der Waals surface area (Å²) in [6.07, 6.45) is 4.76. The Morgan fingerprint density at radius 2 is 2.17 bits per heavy atom. The molecule has 1 unspecified atom stereocenters. The Morgan fingerprint density at radius 1 is 1.29 bits per heavy atom. The molecular formula is C18H21BrN4O. The first-order valence-corrected chi connectivity index (χ1v) is 9.14. The van der Waals surface area contributed by atoms with E-state index in [0.29, 0.717) is 11.7 Å². The zero-order valence-corrected chi connectivity index (χ0v) is 15.3. The Bertz CT molecular complexity index is 704. The van der Waals surface area contributed by atoms with Crippen LogP contribution in [-0.4, -0.2) is 28.7 Å². The Balaban J connectivity index is 1.70. The summed E-state index contributed by atoms with van der Waals surface area (Å²) in [5.74, 6) is 0.610. The molecule has 5 nitrogen and oxygen atoms in total. The fourth-order valence-electron chi connectivity index (χ4n) is 3.09. The third-order valence-electron chi connectivity index (χ3n) is 4.36. The summed E-state index contributed by atoms with van der Waals surface area (Å²) in [6, 6.07) is 11.6. The Hall–Kier alpha value is -1.95. The van der Waals surface area contributed by atoms with E-state index >= 15 is 0 Å². The number of piperidine rings is 1. The van der Waals surface area contributed by atoms with E-state index in [9.17, 15) is 4.79 Å². The molecular weight excluding hydrogens is 368 g/mol. The first-order chi connectivity index (χ1) is 11.7. The van der Waals surface area contributed by atoms with Gasteiger partial charge in [0.1, 0.15) is 0 Å². The van der Waals surface area contributed by atoms with Crippen molar-refractivity contribution in [2.75, 3.05) is 16.8 Å².